The average molecular weight is 248 g/mol. The molecule has 0 saturated heterocycles. The summed E-state index contributed by atoms with van der Waals surface area (Å²) in [7, 11) is 1.96. The fourth-order valence-electron chi connectivity index (χ4n) is 2.72. The van der Waals surface area contributed by atoms with Gasteiger partial charge in [-0.05, 0) is 31.4 Å². The highest BCUT2D eigenvalue weighted by Gasteiger charge is 2.24. The van der Waals surface area contributed by atoms with Crippen molar-refractivity contribution in [2.75, 3.05) is 11.9 Å². The van der Waals surface area contributed by atoms with Crippen LogP contribution >= 0.6 is 0 Å². The summed E-state index contributed by atoms with van der Waals surface area (Å²) in [5.74, 6) is -0.285. The van der Waals surface area contributed by atoms with Gasteiger partial charge in [-0.3, -0.25) is 0 Å². The van der Waals surface area contributed by atoms with Gasteiger partial charge in [0.25, 0.3) is 0 Å². The van der Waals surface area contributed by atoms with E-state index in [9.17, 15) is 9.90 Å². The second-order valence-electron chi connectivity index (χ2n) is 5.03. The Morgan fingerprint density at radius 3 is 2.67 bits per heavy atom. The summed E-state index contributed by atoms with van der Waals surface area (Å²) in [6.45, 7) is 1.82. The number of pyridine rings is 1. The van der Waals surface area contributed by atoms with E-state index in [0.29, 0.717) is 17.4 Å². The molecule has 0 spiro atoms. The lowest BCUT2D eigenvalue weighted by molar-refractivity contribution is 0.0696. The molecule has 1 saturated carbocycles. The predicted octanol–water partition coefficient (Wildman–Crippen LogP) is 2.86. The van der Waals surface area contributed by atoms with Gasteiger partial charge >= 0.3 is 5.97 Å². The minimum atomic E-state index is -0.891. The number of carboxylic acid groups (broad SMARTS) is 1. The number of carbonyl (C=O) groups is 1. The molecule has 4 heteroatoms. The van der Waals surface area contributed by atoms with E-state index in [4.69, 9.17) is 0 Å². The SMILES string of the molecule is Cc1ccnc(N(C)C2CCCCC2)c1C(=O)O. The first kappa shape index (κ1) is 12.9. The van der Waals surface area contributed by atoms with Crippen molar-refractivity contribution in [1.82, 2.24) is 4.98 Å². The van der Waals surface area contributed by atoms with E-state index in [1.54, 1.807) is 12.3 Å². The highest BCUT2D eigenvalue weighted by molar-refractivity contribution is 5.94. The number of anilines is 1. The Balaban J connectivity index is 2.31. The summed E-state index contributed by atoms with van der Waals surface area (Å²) < 4.78 is 0. The summed E-state index contributed by atoms with van der Waals surface area (Å²) in [5, 5.41) is 9.33. The molecule has 1 aliphatic rings. The molecule has 0 atom stereocenters. The third-order valence-electron chi connectivity index (χ3n) is 3.81. The van der Waals surface area contributed by atoms with E-state index in [1.807, 2.05) is 14.0 Å². The van der Waals surface area contributed by atoms with Crippen LogP contribution in [0.2, 0.25) is 0 Å². The van der Waals surface area contributed by atoms with Gasteiger partial charge < -0.3 is 10.0 Å². The van der Waals surface area contributed by atoms with Gasteiger partial charge in [0.15, 0.2) is 0 Å². The molecule has 18 heavy (non-hydrogen) atoms. The number of aromatic carboxylic acids is 1. The van der Waals surface area contributed by atoms with E-state index >= 15 is 0 Å². The Morgan fingerprint density at radius 1 is 1.39 bits per heavy atom. The second kappa shape index (κ2) is 5.38. The van der Waals surface area contributed by atoms with Crippen LogP contribution in [0, 0.1) is 6.92 Å². The molecule has 1 aliphatic carbocycles. The average Bonchev–Trinajstić information content (AvgIpc) is 2.38. The van der Waals surface area contributed by atoms with E-state index in [1.165, 1.54) is 19.3 Å². The predicted molar refractivity (Wildman–Crippen MR) is 71.2 cm³/mol. The highest BCUT2D eigenvalue weighted by atomic mass is 16.4. The lowest BCUT2D eigenvalue weighted by atomic mass is 9.94. The fourth-order valence-corrected chi connectivity index (χ4v) is 2.72. The molecular formula is C14H20N2O2. The van der Waals surface area contributed by atoms with Crippen LogP contribution in [-0.2, 0) is 0 Å². The lowest BCUT2D eigenvalue weighted by Crippen LogP contribution is -2.35. The van der Waals surface area contributed by atoms with E-state index in [-0.39, 0.29) is 0 Å². The lowest BCUT2D eigenvalue weighted by Gasteiger charge is -2.33. The van der Waals surface area contributed by atoms with Crippen LogP contribution in [0.1, 0.15) is 48.0 Å². The number of aryl methyl sites for hydroxylation is 1. The highest BCUT2D eigenvalue weighted by Crippen LogP contribution is 2.28. The molecule has 1 aromatic rings. The van der Waals surface area contributed by atoms with Crippen molar-refractivity contribution in [3.8, 4) is 0 Å². The van der Waals surface area contributed by atoms with Crippen LogP contribution in [-0.4, -0.2) is 29.1 Å². The number of aromatic nitrogens is 1. The molecule has 1 heterocycles. The van der Waals surface area contributed by atoms with Crippen LogP contribution in [0.4, 0.5) is 5.82 Å². The Hall–Kier alpha value is -1.58. The maximum absolute atomic E-state index is 11.4. The standard InChI is InChI=1S/C14H20N2O2/c1-10-8-9-15-13(12(10)14(17)18)16(2)11-6-4-3-5-7-11/h8-9,11H,3-7H2,1-2H3,(H,17,18). The van der Waals surface area contributed by atoms with E-state index in [2.05, 4.69) is 9.88 Å². The molecule has 0 aromatic carbocycles. The minimum absolute atomic E-state index is 0.338. The quantitative estimate of drug-likeness (QED) is 0.893. The zero-order valence-electron chi connectivity index (χ0n) is 11.0. The van der Waals surface area contributed by atoms with Crippen molar-refractivity contribution < 1.29 is 9.90 Å². The summed E-state index contributed by atoms with van der Waals surface area (Å²) >= 11 is 0. The van der Waals surface area contributed by atoms with E-state index in [0.717, 1.165) is 18.4 Å². The molecule has 0 bridgehead atoms. The van der Waals surface area contributed by atoms with Crippen LogP contribution in [0.25, 0.3) is 0 Å². The molecule has 1 fully saturated rings. The molecule has 0 radical (unpaired) electrons. The molecule has 98 valence electrons. The van der Waals surface area contributed by atoms with Crippen LogP contribution in [0.15, 0.2) is 12.3 Å². The van der Waals surface area contributed by atoms with Gasteiger partial charge in [0, 0.05) is 19.3 Å². The number of carboxylic acids is 1. The minimum Gasteiger partial charge on any atom is -0.478 e. The summed E-state index contributed by atoms with van der Waals surface area (Å²) in [4.78, 5) is 17.7. The van der Waals surface area contributed by atoms with Gasteiger partial charge in [-0.1, -0.05) is 19.3 Å². The van der Waals surface area contributed by atoms with Gasteiger partial charge in [-0.2, -0.15) is 0 Å². The first-order valence-electron chi connectivity index (χ1n) is 6.53. The summed E-state index contributed by atoms with van der Waals surface area (Å²) in [6, 6.07) is 2.17. The molecule has 1 N–H and O–H groups in total. The van der Waals surface area contributed by atoms with E-state index < -0.39 is 5.97 Å². The first-order valence-corrected chi connectivity index (χ1v) is 6.53. The van der Waals surface area contributed by atoms with Crippen molar-refractivity contribution in [1.29, 1.82) is 0 Å². The third-order valence-corrected chi connectivity index (χ3v) is 3.81. The summed E-state index contributed by atoms with van der Waals surface area (Å²) in [6.07, 6.45) is 7.69. The molecule has 1 aromatic heterocycles. The molecule has 4 nitrogen and oxygen atoms in total. The first-order chi connectivity index (χ1) is 8.61. The Bertz CT molecular complexity index is 439. The second-order valence-corrected chi connectivity index (χ2v) is 5.03. The largest absolute Gasteiger partial charge is 0.478 e. The van der Waals surface area contributed by atoms with Crippen molar-refractivity contribution in [2.24, 2.45) is 0 Å². The van der Waals surface area contributed by atoms with Crippen molar-refractivity contribution >= 4 is 11.8 Å². The molecule has 0 unspecified atom stereocenters. The van der Waals surface area contributed by atoms with Gasteiger partial charge in [0.05, 0.1) is 0 Å². The van der Waals surface area contributed by atoms with Gasteiger partial charge in [0.2, 0.25) is 0 Å². The Morgan fingerprint density at radius 2 is 2.06 bits per heavy atom. The monoisotopic (exact) mass is 248 g/mol. The number of hydrogen-bond donors (Lipinski definition) is 1. The maximum Gasteiger partial charge on any atom is 0.339 e. The smallest absolute Gasteiger partial charge is 0.339 e. The van der Waals surface area contributed by atoms with Crippen molar-refractivity contribution in [3.63, 3.8) is 0 Å². The van der Waals surface area contributed by atoms with Crippen molar-refractivity contribution in [2.45, 2.75) is 45.1 Å². The fraction of sp³-hybridized carbons (Fsp3) is 0.571. The third kappa shape index (κ3) is 2.47. The number of nitrogens with zero attached hydrogens (tertiary/aromatic N) is 2. The number of rotatable bonds is 3. The molecule has 0 aliphatic heterocycles. The molecule has 2 rings (SSSR count). The Kier molecular flexibility index (Phi) is 3.84. The van der Waals surface area contributed by atoms with Gasteiger partial charge in [0.1, 0.15) is 11.4 Å². The molecular weight excluding hydrogens is 228 g/mol. The molecule has 0 amide bonds. The zero-order chi connectivity index (χ0) is 13.1. The normalized spacial score (nSPS) is 16.6. The maximum atomic E-state index is 11.4. The van der Waals surface area contributed by atoms with Crippen LogP contribution in [0.3, 0.4) is 0 Å². The zero-order valence-corrected chi connectivity index (χ0v) is 11.0. The topological polar surface area (TPSA) is 53.4 Å². The van der Waals surface area contributed by atoms with Crippen LogP contribution in [0.5, 0.6) is 0 Å². The van der Waals surface area contributed by atoms with Crippen molar-refractivity contribution in [3.05, 3.63) is 23.4 Å². The summed E-state index contributed by atoms with van der Waals surface area (Å²) in [5.41, 5.74) is 1.11. The van der Waals surface area contributed by atoms with Crippen LogP contribution < -0.4 is 4.90 Å². The number of hydrogen-bond acceptors (Lipinski definition) is 3. The Labute approximate surface area is 108 Å². The van der Waals surface area contributed by atoms with Gasteiger partial charge in [-0.15, -0.1) is 0 Å². The van der Waals surface area contributed by atoms with Gasteiger partial charge in [-0.25, -0.2) is 9.78 Å².